The number of benzene rings is 1. The summed E-state index contributed by atoms with van der Waals surface area (Å²) in [6, 6.07) is 7.40. The van der Waals surface area contributed by atoms with E-state index in [9.17, 15) is 14.9 Å². The van der Waals surface area contributed by atoms with Crippen molar-refractivity contribution in [2.75, 3.05) is 5.32 Å². The Morgan fingerprint density at radius 3 is 2.65 bits per heavy atom. The lowest BCUT2D eigenvalue weighted by Crippen LogP contribution is -2.18. The second-order valence-electron chi connectivity index (χ2n) is 5.66. The van der Waals surface area contributed by atoms with Gasteiger partial charge >= 0.3 is 5.69 Å². The Morgan fingerprint density at radius 1 is 1.27 bits per heavy atom. The Labute approximate surface area is 153 Å². The van der Waals surface area contributed by atoms with Gasteiger partial charge in [0.05, 0.1) is 23.4 Å². The lowest BCUT2D eigenvalue weighted by Gasteiger charge is -2.03. The number of aryl methyl sites for hydroxylation is 1. The van der Waals surface area contributed by atoms with Gasteiger partial charge in [-0.25, -0.2) is 0 Å². The minimum absolute atomic E-state index is 0.117. The van der Waals surface area contributed by atoms with Crippen LogP contribution < -0.4 is 5.32 Å². The van der Waals surface area contributed by atoms with E-state index in [0.717, 1.165) is 5.56 Å². The molecule has 9 nitrogen and oxygen atoms in total. The number of amides is 1. The number of nitrogens with zero attached hydrogens (tertiary/aromatic N) is 5. The number of hydrogen-bond acceptors (Lipinski definition) is 5. The number of nitro groups is 1. The summed E-state index contributed by atoms with van der Waals surface area (Å²) in [5.41, 5.74) is 1.70. The molecule has 134 valence electrons. The van der Waals surface area contributed by atoms with Crippen LogP contribution in [0.25, 0.3) is 0 Å². The van der Waals surface area contributed by atoms with E-state index >= 15 is 0 Å². The third-order valence-corrected chi connectivity index (χ3v) is 3.85. The number of aromatic nitrogens is 4. The van der Waals surface area contributed by atoms with Crippen molar-refractivity contribution in [2.45, 2.75) is 20.0 Å². The van der Waals surface area contributed by atoms with Gasteiger partial charge in [0.15, 0.2) is 0 Å². The standard InChI is InChI=1S/C16H15ClN6O3/c1-11-15(23(25)26)9-22(20-11)10-16(24)19-14-6-18-21(8-14)7-12-2-4-13(17)5-3-12/h2-6,8-9H,7,10H2,1H3,(H,19,24). The average molecular weight is 375 g/mol. The number of nitrogens with one attached hydrogen (secondary N) is 1. The molecular weight excluding hydrogens is 360 g/mol. The molecule has 1 aromatic carbocycles. The van der Waals surface area contributed by atoms with Crippen molar-refractivity contribution in [1.29, 1.82) is 0 Å². The van der Waals surface area contributed by atoms with Gasteiger partial charge in [0, 0.05) is 11.2 Å². The van der Waals surface area contributed by atoms with E-state index in [-0.39, 0.29) is 23.8 Å². The van der Waals surface area contributed by atoms with Crippen molar-refractivity contribution in [3.05, 3.63) is 69.3 Å². The van der Waals surface area contributed by atoms with Crippen LogP contribution in [-0.2, 0) is 17.9 Å². The Hall–Kier alpha value is -3.20. The summed E-state index contributed by atoms with van der Waals surface area (Å²) in [4.78, 5) is 22.4. The highest BCUT2D eigenvalue weighted by Crippen LogP contribution is 2.15. The van der Waals surface area contributed by atoms with Crippen LogP contribution >= 0.6 is 11.6 Å². The molecule has 1 amide bonds. The van der Waals surface area contributed by atoms with Gasteiger partial charge in [0.25, 0.3) is 0 Å². The van der Waals surface area contributed by atoms with Gasteiger partial charge in [-0.2, -0.15) is 10.2 Å². The van der Waals surface area contributed by atoms with Gasteiger partial charge in [-0.3, -0.25) is 24.3 Å². The minimum Gasteiger partial charge on any atom is -0.322 e. The summed E-state index contributed by atoms with van der Waals surface area (Å²) in [6.45, 7) is 1.93. The van der Waals surface area contributed by atoms with E-state index in [1.165, 1.54) is 24.0 Å². The highest BCUT2D eigenvalue weighted by Gasteiger charge is 2.16. The quantitative estimate of drug-likeness (QED) is 0.527. The maximum Gasteiger partial charge on any atom is 0.309 e. The smallest absolute Gasteiger partial charge is 0.309 e. The summed E-state index contributed by atoms with van der Waals surface area (Å²) in [6.07, 6.45) is 4.47. The number of carbonyl (C=O) groups excluding carboxylic acids is 1. The van der Waals surface area contributed by atoms with Gasteiger partial charge in [-0.15, -0.1) is 0 Å². The largest absolute Gasteiger partial charge is 0.322 e. The van der Waals surface area contributed by atoms with Crippen LogP contribution in [0.3, 0.4) is 0 Å². The molecule has 0 bridgehead atoms. The maximum atomic E-state index is 12.1. The first-order chi connectivity index (χ1) is 12.4. The summed E-state index contributed by atoms with van der Waals surface area (Å²) >= 11 is 5.86. The first-order valence-corrected chi connectivity index (χ1v) is 8.03. The molecule has 0 fully saturated rings. The molecule has 0 unspecified atom stereocenters. The molecule has 2 aromatic heterocycles. The van der Waals surface area contributed by atoms with Crippen molar-refractivity contribution < 1.29 is 9.72 Å². The van der Waals surface area contributed by atoms with Crippen LogP contribution in [0, 0.1) is 17.0 Å². The second-order valence-corrected chi connectivity index (χ2v) is 6.09. The molecule has 10 heteroatoms. The zero-order chi connectivity index (χ0) is 18.7. The molecular formula is C16H15ClN6O3. The summed E-state index contributed by atoms with van der Waals surface area (Å²) < 4.78 is 2.92. The normalized spacial score (nSPS) is 10.7. The SMILES string of the molecule is Cc1nn(CC(=O)Nc2cnn(Cc3ccc(Cl)cc3)c2)cc1[N+](=O)[O-]. The Kier molecular flexibility index (Phi) is 4.99. The molecule has 0 atom stereocenters. The topological polar surface area (TPSA) is 108 Å². The average Bonchev–Trinajstić information content (AvgIpc) is 3.16. The Bertz CT molecular complexity index is 947. The Morgan fingerprint density at radius 2 is 2.00 bits per heavy atom. The van der Waals surface area contributed by atoms with Gasteiger partial charge in [0.2, 0.25) is 5.91 Å². The Balaban J connectivity index is 1.60. The highest BCUT2D eigenvalue weighted by atomic mass is 35.5. The van der Waals surface area contributed by atoms with E-state index in [2.05, 4.69) is 15.5 Å². The molecule has 1 N–H and O–H groups in total. The highest BCUT2D eigenvalue weighted by molar-refractivity contribution is 6.30. The lowest BCUT2D eigenvalue weighted by molar-refractivity contribution is -0.385. The summed E-state index contributed by atoms with van der Waals surface area (Å²) in [5.74, 6) is -0.353. The fourth-order valence-corrected chi connectivity index (χ4v) is 2.53. The molecule has 2 heterocycles. The molecule has 0 aliphatic carbocycles. The van der Waals surface area contributed by atoms with E-state index in [1.54, 1.807) is 23.0 Å². The zero-order valence-electron chi connectivity index (χ0n) is 13.8. The third-order valence-electron chi connectivity index (χ3n) is 3.60. The molecule has 3 rings (SSSR count). The van der Waals surface area contributed by atoms with Gasteiger partial charge < -0.3 is 5.32 Å². The van der Waals surface area contributed by atoms with Gasteiger partial charge in [-0.1, -0.05) is 23.7 Å². The molecule has 0 aliphatic rings. The van der Waals surface area contributed by atoms with Crippen LogP contribution in [0.2, 0.25) is 5.02 Å². The monoisotopic (exact) mass is 374 g/mol. The predicted octanol–water partition coefficient (Wildman–Crippen LogP) is 2.64. The van der Waals surface area contributed by atoms with Crippen molar-refractivity contribution >= 4 is 28.9 Å². The first kappa shape index (κ1) is 17.6. The van der Waals surface area contributed by atoms with Crippen LogP contribution in [0.1, 0.15) is 11.3 Å². The van der Waals surface area contributed by atoms with E-state index < -0.39 is 4.92 Å². The summed E-state index contributed by atoms with van der Waals surface area (Å²) in [7, 11) is 0. The first-order valence-electron chi connectivity index (χ1n) is 7.66. The van der Waals surface area contributed by atoms with Crippen LogP contribution in [-0.4, -0.2) is 30.4 Å². The fraction of sp³-hybridized carbons (Fsp3) is 0.188. The third kappa shape index (κ3) is 4.25. The second kappa shape index (κ2) is 7.36. The van der Waals surface area contributed by atoms with Crippen molar-refractivity contribution in [3.8, 4) is 0 Å². The molecule has 0 saturated carbocycles. The molecule has 3 aromatic rings. The van der Waals surface area contributed by atoms with Crippen LogP contribution in [0.15, 0.2) is 42.9 Å². The molecule has 0 aliphatic heterocycles. The van der Waals surface area contributed by atoms with Crippen LogP contribution in [0.5, 0.6) is 0 Å². The minimum atomic E-state index is -0.530. The lowest BCUT2D eigenvalue weighted by atomic mass is 10.2. The number of hydrogen-bond donors (Lipinski definition) is 1. The number of anilines is 1. The zero-order valence-corrected chi connectivity index (χ0v) is 14.6. The van der Waals surface area contributed by atoms with E-state index in [1.807, 2.05) is 12.1 Å². The van der Waals surface area contributed by atoms with Crippen molar-refractivity contribution in [1.82, 2.24) is 19.6 Å². The van der Waals surface area contributed by atoms with Gasteiger partial charge in [0.1, 0.15) is 18.4 Å². The number of halogens is 1. The fourth-order valence-electron chi connectivity index (χ4n) is 2.41. The van der Waals surface area contributed by atoms with Crippen molar-refractivity contribution in [2.24, 2.45) is 0 Å². The van der Waals surface area contributed by atoms with E-state index in [0.29, 0.717) is 17.3 Å². The molecule has 0 spiro atoms. The summed E-state index contributed by atoms with van der Waals surface area (Å²) in [5, 5.41) is 22.3. The maximum absolute atomic E-state index is 12.1. The van der Waals surface area contributed by atoms with E-state index in [4.69, 9.17) is 11.6 Å². The predicted molar refractivity (Wildman–Crippen MR) is 95.0 cm³/mol. The molecule has 0 radical (unpaired) electrons. The van der Waals surface area contributed by atoms with Crippen molar-refractivity contribution in [3.63, 3.8) is 0 Å². The molecule has 26 heavy (non-hydrogen) atoms. The van der Waals surface area contributed by atoms with Gasteiger partial charge in [-0.05, 0) is 24.6 Å². The molecule has 0 saturated heterocycles. The number of rotatable bonds is 6. The number of carbonyl (C=O) groups is 1. The van der Waals surface area contributed by atoms with Crippen LogP contribution in [0.4, 0.5) is 11.4 Å².